The van der Waals surface area contributed by atoms with Gasteiger partial charge < -0.3 is 4.74 Å². The number of aromatic nitrogens is 4. The van der Waals surface area contributed by atoms with Crippen molar-refractivity contribution in [1.29, 1.82) is 0 Å². The number of ether oxygens (including phenoxy) is 1. The Kier molecular flexibility index (Phi) is 4.19. The van der Waals surface area contributed by atoms with E-state index in [1.54, 1.807) is 19.2 Å². The highest BCUT2D eigenvalue weighted by Crippen LogP contribution is 2.21. The summed E-state index contributed by atoms with van der Waals surface area (Å²) in [4.78, 5) is 25.1. The Hall–Kier alpha value is -2.54. The number of hydrogen-bond donors (Lipinski definition) is 0. The lowest BCUT2D eigenvalue weighted by Gasteiger charge is -2.09. The molecule has 1 aromatic carbocycles. The van der Waals surface area contributed by atoms with Crippen molar-refractivity contribution >= 4 is 22.6 Å². The predicted octanol–water partition coefficient (Wildman–Crippen LogP) is 1.53. The largest absolute Gasteiger partial charge is 0.478 e. The van der Waals surface area contributed by atoms with Crippen LogP contribution in [0, 0.1) is 0 Å². The lowest BCUT2D eigenvalue weighted by atomic mass is 10.2. The van der Waals surface area contributed by atoms with Crippen molar-refractivity contribution in [3.8, 4) is 5.88 Å². The van der Waals surface area contributed by atoms with E-state index < -0.39 is 11.2 Å². The third-order valence-electron chi connectivity index (χ3n) is 3.80. The van der Waals surface area contributed by atoms with E-state index in [9.17, 15) is 9.59 Å². The number of halogens is 1. The molecule has 0 aliphatic rings. The minimum atomic E-state index is -0.427. The lowest BCUT2D eigenvalue weighted by molar-refractivity contribution is 0.313. The smallest absolute Gasteiger partial charge is 0.332 e. The molecule has 3 aromatic rings. The van der Waals surface area contributed by atoms with Gasteiger partial charge in [-0.05, 0) is 24.6 Å². The van der Waals surface area contributed by atoms with Gasteiger partial charge in [-0.2, -0.15) is 5.10 Å². The molecule has 0 bridgehead atoms. The van der Waals surface area contributed by atoms with Crippen LogP contribution in [0.25, 0.3) is 11.0 Å². The fourth-order valence-electron chi connectivity index (χ4n) is 2.61. The van der Waals surface area contributed by atoms with Crippen LogP contribution in [0.15, 0.2) is 33.9 Å². The third-order valence-corrected chi connectivity index (χ3v) is 4.06. The molecule has 24 heavy (non-hydrogen) atoms. The highest BCUT2D eigenvalue weighted by atomic mass is 35.5. The fraction of sp³-hybridized carbons (Fsp3) is 0.312. The molecule has 0 amide bonds. The van der Waals surface area contributed by atoms with Crippen LogP contribution in [-0.4, -0.2) is 25.5 Å². The normalized spacial score (nSPS) is 11.2. The molecular weight excluding hydrogens is 332 g/mol. The minimum Gasteiger partial charge on any atom is -0.478 e. The van der Waals surface area contributed by atoms with Crippen LogP contribution in [-0.2, 0) is 20.6 Å². The molecule has 8 heteroatoms. The summed E-state index contributed by atoms with van der Waals surface area (Å²) in [5, 5.41) is 5.24. The van der Waals surface area contributed by atoms with Crippen molar-refractivity contribution in [2.24, 2.45) is 14.1 Å². The average molecular weight is 349 g/mol. The van der Waals surface area contributed by atoms with E-state index in [4.69, 9.17) is 16.3 Å². The van der Waals surface area contributed by atoms with E-state index in [0.717, 1.165) is 10.1 Å². The molecule has 0 saturated heterocycles. The van der Waals surface area contributed by atoms with Crippen molar-refractivity contribution in [3.05, 3.63) is 55.7 Å². The predicted molar refractivity (Wildman–Crippen MR) is 91.9 cm³/mol. The molecule has 0 aliphatic carbocycles. The SMILES string of the molecule is CCOc1c2c(=O)n(C)c(=O)n(Cc3ccc(Cl)cc3)c2nn1C. The van der Waals surface area contributed by atoms with Gasteiger partial charge in [-0.25, -0.2) is 9.48 Å². The Labute approximate surface area is 142 Å². The zero-order valence-electron chi connectivity index (χ0n) is 13.6. The van der Waals surface area contributed by atoms with Gasteiger partial charge in [0.25, 0.3) is 5.56 Å². The Morgan fingerprint density at radius 2 is 1.83 bits per heavy atom. The van der Waals surface area contributed by atoms with Crippen molar-refractivity contribution in [2.75, 3.05) is 6.61 Å². The number of aryl methyl sites for hydroxylation is 1. The topological polar surface area (TPSA) is 71.1 Å². The van der Waals surface area contributed by atoms with Gasteiger partial charge in [-0.15, -0.1) is 0 Å². The van der Waals surface area contributed by atoms with Gasteiger partial charge in [0, 0.05) is 19.1 Å². The molecule has 0 aliphatic heterocycles. The maximum Gasteiger partial charge on any atom is 0.332 e. The Morgan fingerprint density at radius 3 is 2.46 bits per heavy atom. The second-order valence-electron chi connectivity index (χ2n) is 5.42. The average Bonchev–Trinajstić information content (AvgIpc) is 2.88. The second-order valence-corrected chi connectivity index (χ2v) is 5.86. The number of benzene rings is 1. The minimum absolute atomic E-state index is 0.281. The summed E-state index contributed by atoms with van der Waals surface area (Å²) >= 11 is 5.90. The van der Waals surface area contributed by atoms with Crippen molar-refractivity contribution in [3.63, 3.8) is 0 Å². The molecule has 2 heterocycles. The van der Waals surface area contributed by atoms with Gasteiger partial charge in [0.1, 0.15) is 5.39 Å². The summed E-state index contributed by atoms with van der Waals surface area (Å²) in [5.74, 6) is 0.359. The summed E-state index contributed by atoms with van der Waals surface area (Å²) in [7, 11) is 3.13. The Bertz CT molecular complexity index is 1010. The van der Waals surface area contributed by atoms with Crippen LogP contribution in [0.3, 0.4) is 0 Å². The Morgan fingerprint density at radius 1 is 1.17 bits per heavy atom. The van der Waals surface area contributed by atoms with Crippen LogP contribution in [0.4, 0.5) is 0 Å². The number of nitrogens with zero attached hydrogens (tertiary/aromatic N) is 4. The quantitative estimate of drug-likeness (QED) is 0.717. The summed E-state index contributed by atoms with van der Waals surface area (Å²) < 4.78 is 9.55. The monoisotopic (exact) mass is 348 g/mol. The van der Waals surface area contributed by atoms with Gasteiger partial charge in [0.05, 0.1) is 13.2 Å². The first-order valence-corrected chi connectivity index (χ1v) is 7.85. The zero-order chi connectivity index (χ0) is 17.4. The molecule has 126 valence electrons. The maximum absolute atomic E-state index is 12.6. The van der Waals surface area contributed by atoms with Crippen LogP contribution in [0.5, 0.6) is 5.88 Å². The van der Waals surface area contributed by atoms with Gasteiger partial charge in [-0.3, -0.25) is 13.9 Å². The number of hydrogen-bond acceptors (Lipinski definition) is 4. The molecule has 7 nitrogen and oxygen atoms in total. The van der Waals surface area contributed by atoms with Crippen molar-refractivity contribution in [2.45, 2.75) is 13.5 Å². The fourth-order valence-corrected chi connectivity index (χ4v) is 2.74. The molecular formula is C16H17ClN4O3. The third kappa shape index (κ3) is 2.60. The van der Waals surface area contributed by atoms with Crippen LogP contribution in [0.1, 0.15) is 12.5 Å². The summed E-state index contributed by atoms with van der Waals surface area (Å²) in [6, 6.07) is 7.17. The Balaban J connectivity index is 2.27. The molecule has 0 unspecified atom stereocenters. The highest BCUT2D eigenvalue weighted by Gasteiger charge is 2.20. The molecule has 0 spiro atoms. The first-order chi connectivity index (χ1) is 11.4. The summed E-state index contributed by atoms with van der Waals surface area (Å²) in [6.45, 7) is 2.50. The molecule has 0 N–H and O–H groups in total. The molecule has 0 atom stereocenters. The molecule has 0 radical (unpaired) electrons. The standard InChI is InChI=1S/C16H17ClN4O3/c1-4-24-15-12-13(18-20(15)3)21(16(23)19(2)14(12)22)9-10-5-7-11(17)8-6-10/h5-8H,4,9H2,1-3H3. The number of fused-ring (bicyclic) bond motifs is 1. The van der Waals surface area contributed by atoms with Gasteiger partial charge in [-0.1, -0.05) is 23.7 Å². The van der Waals surface area contributed by atoms with Crippen LogP contribution >= 0.6 is 11.6 Å². The summed E-state index contributed by atoms with van der Waals surface area (Å²) in [5.41, 5.74) is 0.344. The zero-order valence-corrected chi connectivity index (χ0v) is 14.4. The highest BCUT2D eigenvalue weighted by molar-refractivity contribution is 6.30. The lowest BCUT2D eigenvalue weighted by Crippen LogP contribution is -2.38. The first-order valence-electron chi connectivity index (χ1n) is 7.47. The van der Waals surface area contributed by atoms with Gasteiger partial charge in [0.15, 0.2) is 5.65 Å². The summed E-state index contributed by atoms with van der Waals surface area (Å²) in [6.07, 6.45) is 0. The maximum atomic E-state index is 12.6. The van der Waals surface area contributed by atoms with E-state index in [-0.39, 0.29) is 6.54 Å². The van der Waals surface area contributed by atoms with E-state index in [2.05, 4.69) is 5.10 Å². The first kappa shape index (κ1) is 16.3. The second kappa shape index (κ2) is 6.16. The van der Waals surface area contributed by atoms with E-state index in [1.807, 2.05) is 19.1 Å². The van der Waals surface area contributed by atoms with E-state index in [1.165, 1.54) is 16.3 Å². The van der Waals surface area contributed by atoms with Gasteiger partial charge >= 0.3 is 5.69 Å². The molecule has 2 aromatic heterocycles. The van der Waals surface area contributed by atoms with Crippen molar-refractivity contribution < 1.29 is 4.74 Å². The van der Waals surface area contributed by atoms with E-state index in [0.29, 0.717) is 28.5 Å². The molecule has 3 rings (SSSR count). The van der Waals surface area contributed by atoms with Gasteiger partial charge in [0.2, 0.25) is 5.88 Å². The van der Waals surface area contributed by atoms with Crippen LogP contribution < -0.4 is 16.0 Å². The molecule has 0 saturated carbocycles. The molecule has 0 fully saturated rings. The van der Waals surface area contributed by atoms with Crippen molar-refractivity contribution in [1.82, 2.24) is 18.9 Å². The van der Waals surface area contributed by atoms with E-state index >= 15 is 0 Å². The number of rotatable bonds is 4. The van der Waals surface area contributed by atoms with Crippen LogP contribution in [0.2, 0.25) is 5.02 Å².